The molecule has 3 heteroatoms. The molecule has 0 atom stereocenters. The third-order valence-corrected chi connectivity index (χ3v) is 0.394. The van der Waals surface area contributed by atoms with Gasteiger partial charge in [0.15, 0.2) is 0 Å². The molecular formula is C3H8O3. The molecule has 0 aliphatic carbocycles. The maximum atomic E-state index is 8.01. The van der Waals surface area contributed by atoms with Crippen LogP contribution in [0.25, 0.3) is 0 Å². The van der Waals surface area contributed by atoms with Gasteiger partial charge in [-0.2, -0.15) is 0 Å². The highest BCUT2D eigenvalue weighted by Crippen LogP contribution is 1.72. The van der Waals surface area contributed by atoms with Crippen LogP contribution in [0.2, 0.25) is 0 Å². The first kappa shape index (κ1) is 5.88. The van der Waals surface area contributed by atoms with Gasteiger partial charge in [-0.15, -0.1) is 0 Å². The van der Waals surface area contributed by atoms with E-state index in [4.69, 9.17) is 10.4 Å². The summed E-state index contributed by atoms with van der Waals surface area (Å²) in [5.74, 6) is 0. The summed E-state index contributed by atoms with van der Waals surface area (Å²) in [4.78, 5) is 3.62. The molecular weight excluding hydrogens is 84.0 g/mol. The Hall–Kier alpha value is -0.120. The molecule has 3 nitrogen and oxygen atoms in total. The van der Waals surface area contributed by atoms with E-state index in [9.17, 15) is 0 Å². The maximum absolute atomic E-state index is 8.01. The van der Waals surface area contributed by atoms with Crippen LogP contribution in [0.4, 0.5) is 0 Å². The van der Waals surface area contributed by atoms with Gasteiger partial charge in [0.25, 0.3) is 0 Å². The van der Waals surface area contributed by atoms with Crippen molar-refractivity contribution in [2.75, 3.05) is 13.2 Å². The van der Waals surface area contributed by atoms with E-state index in [1.807, 2.05) is 0 Å². The zero-order valence-electron chi connectivity index (χ0n) is 3.42. The van der Waals surface area contributed by atoms with Gasteiger partial charge in [-0.05, 0) is 6.42 Å². The zero-order valence-corrected chi connectivity index (χ0v) is 3.42. The van der Waals surface area contributed by atoms with E-state index >= 15 is 0 Å². The lowest BCUT2D eigenvalue weighted by atomic mass is 10.5. The van der Waals surface area contributed by atoms with Crippen LogP contribution in [-0.2, 0) is 4.89 Å². The van der Waals surface area contributed by atoms with Gasteiger partial charge in [0.05, 0.1) is 6.61 Å². The average Bonchev–Trinajstić information content (AvgIpc) is 1.61. The van der Waals surface area contributed by atoms with Crippen molar-refractivity contribution in [2.24, 2.45) is 0 Å². The molecule has 0 fully saturated rings. The van der Waals surface area contributed by atoms with E-state index in [0.29, 0.717) is 6.42 Å². The standard InChI is InChI=1S/C3H8O3/c4-2-1-3-6-5/h4-5H,1-3H2. The van der Waals surface area contributed by atoms with Gasteiger partial charge in [0.1, 0.15) is 0 Å². The zero-order chi connectivity index (χ0) is 4.83. The molecule has 0 aromatic rings. The molecule has 0 heterocycles. The van der Waals surface area contributed by atoms with Crippen molar-refractivity contribution in [2.45, 2.75) is 6.42 Å². The fraction of sp³-hybridized carbons (Fsp3) is 1.00. The molecule has 0 saturated carbocycles. The lowest BCUT2D eigenvalue weighted by Crippen LogP contribution is -1.91. The van der Waals surface area contributed by atoms with Crippen molar-refractivity contribution in [3.63, 3.8) is 0 Å². The molecule has 6 heavy (non-hydrogen) atoms. The van der Waals surface area contributed by atoms with Gasteiger partial charge in [-0.25, -0.2) is 4.89 Å². The minimum Gasteiger partial charge on any atom is -0.396 e. The number of aliphatic hydroxyl groups is 1. The number of hydrogen-bond acceptors (Lipinski definition) is 3. The number of aliphatic hydroxyl groups excluding tert-OH is 1. The molecule has 0 rings (SSSR count). The van der Waals surface area contributed by atoms with Crippen LogP contribution in [0.3, 0.4) is 0 Å². The summed E-state index contributed by atoms with van der Waals surface area (Å²) in [5, 5.41) is 15.6. The van der Waals surface area contributed by atoms with Crippen molar-refractivity contribution in [3.8, 4) is 0 Å². The van der Waals surface area contributed by atoms with E-state index in [1.54, 1.807) is 0 Å². The molecule has 0 bridgehead atoms. The second-order valence-electron chi connectivity index (χ2n) is 0.910. The fourth-order valence-corrected chi connectivity index (χ4v) is 0.129. The van der Waals surface area contributed by atoms with Crippen LogP contribution in [-0.4, -0.2) is 23.6 Å². The Balaban J connectivity index is 2.34. The van der Waals surface area contributed by atoms with Crippen LogP contribution in [0.15, 0.2) is 0 Å². The van der Waals surface area contributed by atoms with Gasteiger partial charge in [-0.3, -0.25) is 5.26 Å². The third kappa shape index (κ3) is 3.88. The highest BCUT2D eigenvalue weighted by molar-refractivity contribution is 4.23. The molecule has 0 spiro atoms. The largest absolute Gasteiger partial charge is 0.396 e. The summed E-state index contributed by atoms with van der Waals surface area (Å²) in [6, 6.07) is 0. The SMILES string of the molecule is OCCCOO. The molecule has 0 aromatic carbocycles. The normalized spacial score (nSPS) is 9.00. The Bertz CT molecular complexity index is 18.0. The number of rotatable bonds is 3. The summed E-state index contributed by atoms with van der Waals surface area (Å²) >= 11 is 0. The predicted octanol–water partition coefficient (Wildman–Crippen LogP) is -0.142. The number of hydrogen-bond donors (Lipinski definition) is 2. The lowest BCUT2D eigenvalue weighted by Gasteiger charge is -1.86. The second-order valence-corrected chi connectivity index (χ2v) is 0.910. The molecule has 0 aliphatic rings. The van der Waals surface area contributed by atoms with Gasteiger partial charge in [0, 0.05) is 6.61 Å². The molecule has 0 saturated heterocycles. The molecule has 0 aromatic heterocycles. The third-order valence-electron chi connectivity index (χ3n) is 0.394. The first-order valence-electron chi connectivity index (χ1n) is 1.79. The van der Waals surface area contributed by atoms with Crippen molar-refractivity contribution in [1.29, 1.82) is 0 Å². The van der Waals surface area contributed by atoms with Crippen molar-refractivity contribution in [1.82, 2.24) is 0 Å². The lowest BCUT2D eigenvalue weighted by molar-refractivity contribution is -0.243. The molecule has 2 N–H and O–H groups in total. The van der Waals surface area contributed by atoms with E-state index in [2.05, 4.69) is 4.89 Å². The van der Waals surface area contributed by atoms with E-state index in [0.717, 1.165) is 0 Å². The Kier molecular flexibility index (Phi) is 4.78. The monoisotopic (exact) mass is 92.0 g/mol. The summed E-state index contributed by atoms with van der Waals surface area (Å²) in [7, 11) is 0. The summed E-state index contributed by atoms with van der Waals surface area (Å²) in [6.07, 6.45) is 0.497. The molecule has 0 radical (unpaired) electrons. The van der Waals surface area contributed by atoms with Crippen LogP contribution in [0, 0.1) is 0 Å². The Morgan fingerprint density at radius 2 is 2.17 bits per heavy atom. The minimum absolute atomic E-state index is 0.0700. The Labute approximate surface area is 36.1 Å². The Morgan fingerprint density at radius 1 is 1.50 bits per heavy atom. The first-order valence-corrected chi connectivity index (χ1v) is 1.79. The van der Waals surface area contributed by atoms with E-state index < -0.39 is 0 Å². The predicted molar refractivity (Wildman–Crippen MR) is 20.3 cm³/mol. The topological polar surface area (TPSA) is 49.7 Å². The molecule has 0 amide bonds. The van der Waals surface area contributed by atoms with Gasteiger partial charge >= 0.3 is 0 Å². The Morgan fingerprint density at radius 3 is 2.33 bits per heavy atom. The average molecular weight is 92.1 g/mol. The van der Waals surface area contributed by atoms with Crippen LogP contribution in [0.1, 0.15) is 6.42 Å². The molecule has 38 valence electrons. The van der Waals surface area contributed by atoms with Crippen LogP contribution < -0.4 is 0 Å². The molecule has 0 unspecified atom stereocenters. The summed E-state index contributed by atoms with van der Waals surface area (Å²) in [6.45, 7) is 0.289. The van der Waals surface area contributed by atoms with Gasteiger partial charge in [0.2, 0.25) is 0 Å². The van der Waals surface area contributed by atoms with Crippen LogP contribution >= 0.6 is 0 Å². The van der Waals surface area contributed by atoms with Gasteiger partial charge < -0.3 is 5.11 Å². The highest BCUT2D eigenvalue weighted by Gasteiger charge is 1.77. The van der Waals surface area contributed by atoms with Crippen molar-refractivity contribution < 1.29 is 15.3 Å². The highest BCUT2D eigenvalue weighted by atomic mass is 17.1. The summed E-state index contributed by atoms with van der Waals surface area (Å²) in [5.41, 5.74) is 0. The van der Waals surface area contributed by atoms with Gasteiger partial charge in [-0.1, -0.05) is 0 Å². The van der Waals surface area contributed by atoms with Crippen molar-refractivity contribution in [3.05, 3.63) is 0 Å². The maximum Gasteiger partial charge on any atom is 0.0841 e. The van der Waals surface area contributed by atoms with E-state index in [1.165, 1.54) is 0 Å². The fourth-order valence-electron chi connectivity index (χ4n) is 0.129. The molecule has 0 aliphatic heterocycles. The first-order chi connectivity index (χ1) is 2.91. The summed E-state index contributed by atoms with van der Waals surface area (Å²) < 4.78 is 0. The smallest absolute Gasteiger partial charge is 0.0841 e. The van der Waals surface area contributed by atoms with E-state index in [-0.39, 0.29) is 13.2 Å². The second kappa shape index (κ2) is 4.88. The quantitative estimate of drug-likeness (QED) is 0.289. The van der Waals surface area contributed by atoms with Crippen molar-refractivity contribution >= 4 is 0 Å². The van der Waals surface area contributed by atoms with Crippen LogP contribution in [0.5, 0.6) is 0 Å². The minimum atomic E-state index is 0.0700.